The Kier molecular flexibility index (Phi) is 5.34. The average Bonchev–Trinajstić information content (AvgIpc) is 3.38. The molecule has 0 bridgehead atoms. The first-order chi connectivity index (χ1) is 12.8. The van der Waals surface area contributed by atoms with Gasteiger partial charge in [0.25, 0.3) is 0 Å². The molecule has 2 saturated heterocycles. The maximum Gasteiger partial charge on any atom is 0.226 e. The van der Waals surface area contributed by atoms with Crippen LogP contribution in [0.5, 0.6) is 0 Å². The number of carbonyl (C=O) groups is 1. The van der Waals surface area contributed by atoms with Gasteiger partial charge in [-0.05, 0) is 69.1 Å². The van der Waals surface area contributed by atoms with Crippen molar-refractivity contribution in [3.63, 3.8) is 0 Å². The smallest absolute Gasteiger partial charge is 0.226 e. The summed E-state index contributed by atoms with van der Waals surface area (Å²) in [4.78, 5) is 17.7. The van der Waals surface area contributed by atoms with Crippen molar-refractivity contribution in [3.05, 3.63) is 0 Å². The van der Waals surface area contributed by atoms with Gasteiger partial charge in [0.15, 0.2) is 0 Å². The van der Waals surface area contributed by atoms with E-state index in [-0.39, 0.29) is 28.7 Å². The molecule has 6 heteroatoms. The van der Waals surface area contributed by atoms with Crippen molar-refractivity contribution in [2.45, 2.75) is 76.8 Å². The minimum absolute atomic E-state index is 0.0101. The third-order valence-electron chi connectivity index (χ3n) is 8.21. The SMILES string of the molecule is CC1CCC(N2CCC(N(C)C(=O)C3CC34CCS(=O)(=O)CC4)CC2)CC1. The van der Waals surface area contributed by atoms with Gasteiger partial charge in [-0.3, -0.25) is 4.79 Å². The van der Waals surface area contributed by atoms with Crippen LogP contribution < -0.4 is 0 Å². The summed E-state index contributed by atoms with van der Waals surface area (Å²) in [7, 11) is -0.872. The molecule has 2 aliphatic heterocycles. The molecule has 0 aromatic rings. The zero-order valence-corrected chi connectivity index (χ0v) is 17.8. The number of carbonyl (C=O) groups excluding carboxylic acids is 1. The maximum absolute atomic E-state index is 13.0. The van der Waals surface area contributed by atoms with Crippen molar-refractivity contribution in [2.75, 3.05) is 31.6 Å². The third-order valence-corrected chi connectivity index (χ3v) is 9.86. The molecule has 27 heavy (non-hydrogen) atoms. The Labute approximate surface area is 164 Å². The van der Waals surface area contributed by atoms with Crippen LogP contribution in [0.2, 0.25) is 0 Å². The minimum atomic E-state index is -2.85. The molecular weight excluding hydrogens is 360 g/mol. The van der Waals surface area contributed by atoms with Crippen LogP contribution in [0.4, 0.5) is 0 Å². The zero-order valence-electron chi connectivity index (χ0n) is 17.0. The fourth-order valence-corrected chi connectivity index (χ4v) is 7.50. The average molecular weight is 397 g/mol. The van der Waals surface area contributed by atoms with E-state index in [1.54, 1.807) is 0 Å². The number of rotatable bonds is 3. The van der Waals surface area contributed by atoms with E-state index in [1.807, 2.05) is 11.9 Å². The number of nitrogens with zero attached hydrogens (tertiary/aromatic N) is 2. The first-order valence-electron chi connectivity index (χ1n) is 11.0. The Bertz CT molecular complexity index is 647. The summed E-state index contributed by atoms with van der Waals surface area (Å²) in [5.74, 6) is 1.80. The highest BCUT2D eigenvalue weighted by molar-refractivity contribution is 7.91. The molecule has 2 saturated carbocycles. The van der Waals surface area contributed by atoms with Gasteiger partial charge in [-0.25, -0.2) is 8.42 Å². The number of hydrogen-bond donors (Lipinski definition) is 0. The Hall–Kier alpha value is -0.620. The van der Waals surface area contributed by atoms with Gasteiger partial charge < -0.3 is 9.80 Å². The Morgan fingerprint density at radius 2 is 1.59 bits per heavy atom. The quantitative estimate of drug-likeness (QED) is 0.736. The van der Waals surface area contributed by atoms with Crippen molar-refractivity contribution in [1.29, 1.82) is 0 Å². The monoisotopic (exact) mass is 396 g/mol. The van der Waals surface area contributed by atoms with Gasteiger partial charge in [0, 0.05) is 38.1 Å². The molecule has 5 nitrogen and oxygen atoms in total. The summed E-state index contributed by atoms with van der Waals surface area (Å²) in [6, 6.07) is 1.13. The third kappa shape index (κ3) is 4.07. The van der Waals surface area contributed by atoms with Crippen molar-refractivity contribution in [1.82, 2.24) is 9.80 Å². The Balaban J connectivity index is 1.26. The number of likely N-dealkylation sites (tertiary alicyclic amines) is 1. The summed E-state index contributed by atoms with van der Waals surface area (Å²) < 4.78 is 23.4. The summed E-state index contributed by atoms with van der Waals surface area (Å²) in [5, 5.41) is 0. The molecule has 4 aliphatic rings. The van der Waals surface area contributed by atoms with Gasteiger partial charge in [-0.15, -0.1) is 0 Å². The van der Waals surface area contributed by atoms with Gasteiger partial charge >= 0.3 is 0 Å². The Morgan fingerprint density at radius 3 is 2.19 bits per heavy atom. The molecule has 0 N–H and O–H groups in total. The normalized spacial score (nSPS) is 36.4. The first-order valence-corrected chi connectivity index (χ1v) is 12.8. The minimum Gasteiger partial charge on any atom is -0.342 e. The van der Waals surface area contributed by atoms with Gasteiger partial charge in [-0.2, -0.15) is 0 Å². The molecule has 4 rings (SSSR count). The summed E-state index contributed by atoms with van der Waals surface area (Å²) in [5.41, 5.74) is 0.0101. The second-order valence-corrected chi connectivity index (χ2v) is 12.2. The van der Waals surface area contributed by atoms with Crippen LogP contribution in [-0.4, -0.2) is 67.9 Å². The first kappa shape index (κ1) is 19.7. The van der Waals surface area contributed by atoms with E-state index in [0.29, 0.717) is 18.9 Å². The molecule has 2 aliphatic carbocycles. The van der Waals surface area contributed by atoms with Crippen LogP contribution in [0.1, 0.15) is 64.7 Å². The molecule has 4 fully saturated rings. The van der Waals surface area contributed by atoms with Crippen molar-refractivity contribution in [3.8, 4) is 0 Å². The van der Waals surface area contributed by atoms with Gasteiger partial charge in [0.05, 0.1) is 11.5 Å². The van der Waals surface area contributed by atoms with Crippen LogP contribution in [0.15, 0.2) is 0 Å². The molecule has 0 aromatic carbocycles. The van der Waals surface area contributed by atoms with Crippen LogP contribution in [-0.2, 0) is 14.6 Å². The Morgan fingerprint density at radius 1 is 1.00 bits per heavy atom. The summed E-state index contributed by atoms with van der Waals surface area (Å²) >= 11 is 0. The fraction of sp³-hybridized carbons (Fsp3) is 0.952. The molecule has 1 unspecified atom stereocenters. The molecule has 0 aromatic heterocycles. The topological polar surface area (TPSA) is 57.7 Å². The summed E-state index contributed by atoms with van der Waals surface area (Å²) in [6.45, 7) is 4.61. The predicted molar refractivity (Wildman–Crippen MR) is 107 cm³/mol. The van der Waals surface area contributed by atoms with E-state index in [4.69, 9.17) is 0 Å². The summed E-state index contributed by atoms with van der Waals surface area (Å²) in [6.07, 6.45) is 9.87. The lowest BCUT2D eigenvalue weighted by Crippen LogP contribution is -2.49. The molecule has 1 atom stereocenters. The predicted octanol–water partition coefficient (Wildman–Crippen LogP) is 2.70. The highest BCUT2D eigenvalue weighted by atomic mass is 32.2. The molecule has 1 amide bonds. The van der Waals surface area contributed by atoms with Crippen LogP contribution in [0, 0.1) is 17.3 Å². The van der Waals surface area contributed by atoms with E-state index in [1.165, 1.54) is 25.7 Å². The van der Waals surface area contributed by atoms with Gasteiger partial charge in [0.1, 0.15) is 9.84 Å². The molecule has 1 spiro atoms. The number of amides is 1. The standard InChI is InChI=1S/C21H36N2O3S/c1-16-3-5-18(6-4-16)23-11-7-17(8-12-23)22(2)20(24)19-15-21(19)9-13-27(25,26)14-10-21/h16-19H,3-15H2,1-2H3. The lowest BCUT2D eigenvalue weighted by atomic mass is 9.85. The number of hydrogen-bond acceptors (Lipinski definition) is 4. The lowest BCUT2D eigenvalue weighted by molar-refractivity contribution is -0.135. The van der Waals surface area contributed by atoms with Crippen LogP contribution in [0.25, 0.3) is 0 Å². The number of sulfone groups is 1. The van der Waals surface area contributed by atoms with Crippen LogP contribution >= 0.6 is 0 Å². The number of piperidine rings is 1. The lowest BCUT2D eigenvalue weighted by Gasteiger charge is -2.42. The van der Waals surface area contributed by atoms with Crippen molar-refractivity contribution < 1.29 is 13.2 Å². The van der Waals surface area contributed by atoms with E-state index in [9.17, 15) is 13.2 Å². The second-order valence-electron chi connectivity index (χ2n) is 9.90. The van der Waals surface area contributed by atoms with Crippen molar-refractivity contribution in [2.24, 2.45) is 17.3 Å². The van der Waals surface area contributed by atoms with Crippen molar-refractivity contribution >= 4 is 15.7 Å². The fourth-order valence-electron chi connectivity index (χ4n) is 5.87. The molecule has 2 heterocycles. The van der Waals surface area contributed by atoms with E-state index in [2.05, 4.69) is 11.8 Å². The van der Waals surface area contributed by atoms with Gasteiger partial charge in [-0.1, -0.05) is 6.92 Å². The van der Waals surface area contributed by atoms with E-state index < -0.39 is 9.84 Å². The van der Waals surface area contributed by atoms with Crippen LogP contribution in [0.3, 0.4) is 0 Å². The second kappa shape index (κ2) is 7.33. The molecular formula is C21H36N2O3S. The van der Waals surface area contributed by atoms with Gasteiger partial charge in [0.2, 0.25) is 5.91 Å². The largest absolute Gasteiger partial charge is 0.342 e. The molecule has 154 valence electrons. The van der Waals surface area contributed by atoms with E-state index >= 15 is 0 Å². The zero-order chi connectivity index (χ0) is 19.2. The molecule has 0 radical (unpaired) electrons. The van der Waals surface area contributed by atoms with E-state index in [0.717, 1.165) is 44.3 Å². The maximum atomic E-state index is 13.0. The highest BCUT2D eigenvalue weighted by Crippen LogP contribution is 2.60. The highest BCUT2D eigenvalue weighted by Gasteiger charge is 2.60.